The van der Waals surface area contributed by atoms with Gasteiger partial charge in [-0.25, -0.2) is 18.4 Å². The second-order valence-corrected chi connectivity index (χ2v) is 4.91. The average molecular weight is 243 g/mol. The summed E-state index contributed by atoms with van der Waals surface area (Å²) in [4.78, 5) is 10.6. The lowest BCUT2D eigenvalue weighted by atomic mass is 10.1. The van der Waals surface area contributed by atoms with Crippen molar-refractivity contribution in [2.45, 2.75) is 17.9 Å². The Hall–Kier alpha value is -1.60. The second kappa shape index (κ2) is 4.50. The molecular weight excluding hydrogens is 230 g/mol. The standard InChI is InChI=1S/C9H13N3O3S/c1-6(12-9(10)13)7-3-2-4-8(5-7)16(11,14)15/h2-6H,1H3,(H3,10,12,13)(H2,11,14,15). The van der Waals surface area contributed by atoms with E-state index in [-0.39, 0.29) is 10.9 Å². The first-order valence-electron chi connectivity index (χ1n) is 4.49. The molecule has 0 fully saturated rings. The van der Waals surface area contributed by atoms with Crippen molar-refractivity contribution in [2.75, 3.05) is 0 Å². The zero-order chi connectivity index (χ0) is 12.3. The molecule has 0 aromatic heterocycles. The molecule has 0 aliphatic heterocycles. The van der Waals surface area contributed by atoms with Crippen LogP contribution in [-0.2, 0) is 10.0 Å². The second-order valence-electron chi connectivity index (χ2n) is 3.35. The van der Waals surface area contributed by atoms with Gasteiger partial charge in [0.25, 0.3) is 0 Å². The molecule has 2 amide bonds. The molecule has 5 N–H and O–H groups in total. The van der Waals surface area contributed by atoms with Crippen molar-refractivity contribution in [2.24, 2.45) is 10.9 Å². The normalized spacial score (nSPS) is 13.1. The van der Waals surface area contributed by atoms with E-state index in [4.69, 9.17) is 10.9 Å². The third-order valence-electron chi connectivity index (χ3n) is 2.05. The van der Waals surface area contributed by atoms with E-state index in [0.29, 0.717) is 5.56 Å². The van der Waals surface area contributed by atoms with Crippen LogP contribution in [0.5, 0.6) is 0 Å². The van der Waals surface area contributed by atoms with E-state index in [1.165, 1.54) is 12.1 Å². The van der Waals surface area contributed by atoms with Crippen LogP contribution in [0.4, 0.5) is 4.79 Å². The van der Waals surface area contributed by atoms with Crippen molar-refractivity contribution in [3.05, 3.63) is 29.8 Å². The van der Waals surface area contributed by atoms with Crippen molar-refractivity contribution in [1.82, 2.24) is 5.32 Å². The lowest BCUT2D eigenvalue weighted by molar-refractivity contribution is 0.246. The number of carbonyl (C=O) groups is 1. The van der Waals surface area contributed by atoms with Crippen LogP contribution in [0.15, 0.2) is 29.2 Å². The number of amides is 2. The number of primary sulfonamides is 1. The number of nitrogens with one attached hydrogen (secondary N) is 1. The first kappa shape index (κ1) is 12.5. The Morgan fingerprint density at radius 2 is 2.06 bits per heavy atom. The SMILES string of the molecule is CC(NC(N)=O)c1cccc(S(N)(=O)=O)c1. The quantitative estimate of drug-likeness (QED) is 0.697. The minimum Gasteiger partial charge on any atom is -0.352 e. The molecule has 16 heavy (non-hydrogen) atoms. The summed E-state index contributed by atoms with van der Waals surface area (Å²) in [5.74, 6) is 0. The Morgan fingerprint density at radius 1 is 1.44 bits per heavy atom. The number of nitrogens with two attached hydrogens (primary N) is 2. The van der Waals surface area contributed by atoms with Crippen LogP contribution in [-0.4, -0.2) is 14.4 Å². The number of carbonyl (C=O) groups excluding carboxylic acids is 1. The zero-order valence-corrected chi connectivity index (χ0v) is 9.49. The summed E-state index contributed by atoms with van der Waals surface area (Å²) < 4.78 is 22.2. The van der Waals surface area contributed by atoms with Gasteiger partial charge in [-0.2, -0.15) is 0 Å². The molecule has 1 aromatic carbocycles. The van der Waals surface area contributed by atoms with Gasteiger partial charge in [0.05, 0.1) is 10.9 Å². The number of hydrogen-bond donors (Lipinski definition) is 3. The summed E-state index contributed by atoms with van der Waals surface area (Å²) in [6, 6.07) is 4.96. The van der Waals surface area contributed by atoms with Crippen LogP contribution in [0.25, 0.3) is 0 Å². The monoisotopic (exact) mass is 243 g/mol. The fraction of sp³-hybridized carbons (Fsp3) is 0.222. The van der Waals surface area contributed by atoms with E-state index >= 15 is 0 Å². The summed E-state index contributed by atoms with van der Waals surface area (Å²) in [5, 5.41) is 7.43. The number of urea groups is 1. The summed E-state index contributed by atoms with van der Waals surface area (Å²) in [7, 11) is -3.73. The molecule has 0 saturated carbocycles. The summed E-state index contributed by atoms with van der Waals surface area (Å²) in [5.41, 5.74) is 5.58. The van der Waals surface area contributed by atoms with E-state index in [1.54, 1.807) is 19.1 Å². The highest BCUT2D eigenvalue weighted by atomic mass is 32.2. The largest absolute Gasteiger partial charge is 0.352 e. The number of primary amides is 1. The Labute approximate surface area is 93.7 Å². The van der Waals surface area contributed by atoms with Gasteiger partial charge < -0.3 is 11.1 Å². The van der Waals surface area contributed by atoms with Gasteiger partial charge in [0, 0.05) is 0 Å². The molecule has 88 valence electrons. The van der Waals surface area contributed by atoms with Gasteiger partial charge in [0.1, 0.15) is 0 Å². The Kier molecular flexibility index (Phi) is 3.51. The first-order valence-corrected chi connectivity index (χ1v) is 6.04. The van der Waals surface area contributed by atoms with Crippen LogP contribution in [0.2, 0.25) is 0 Å². The van der Waals surface area contributed by atoms with Crippen LogP contribution in [0, 0.1) is 0 Å². The molecule has 0 heterocycles. The average Bonchev–Trinajstić information content (AvgIpc) is 2.15. The van der Waals surface area contributed by atoms with Gasteiger partial charge in [-0.15, -0.1) is 0 Å². The highest BCUT2D eigenvalue weighted by Gasteiger charge is 2.12. The molecule has 1 rings (SSSR count). The highest BCUT2D eigenvalue weighted by molar-refractivity contribution is 7.89. The maximum absolute atomic E-state index is 11.1. The molecule has 1 atom stereocenters. The number of hydrogen-bond acceptors (Lipinski definition) is 3. The minimum atomic E-state index is -3.73. The molecule has 1 aromatic rings. The number of sulfonamides is 1. The van der Waals surface area contributed by atoms with E-state index in [0.717, 1.165) is 0 Å². The molecule has 0 aliphatic carbocycles. The van der Waals surface area contributed by atoms with Gasteiger partial charge in [0.15, 0.2) is 0 Å². The van der Waals surface area contributed by atoms with Crippen LogP contribution >= 0.6 is 0 Å². The van der Waals surface area contributed by atoms with Gasteiger partial charge in [-0.3, -0.25) is 0 Å². The summed E-state index contributed by atoms with van der Waals surface area (Å²) >= 11 is 0. The maximum Gasteiger partial charge on any atom is 0.312 e. The first-order chi connectivity index (χ1) is 7.30. The number of rotatable bonds is 3. The Bertz CT molecular complexity index is 498. The molecule has 0 spiro atoms. The molecule has 0 saturated heterocycles. The van der Waals surface area contributed by atoms with Crippen molar-refractivity contribution in [1.29, 1.82) is 0 Å². The highest BCUT2D eigenvalue weighted by Crippen LogP contribution is 2.16. The Morgan fingerprint density at radius 3 is 2.56 bits per heavy atom. The van der Waals surface area contributed by atoms with Crippen molar-refractivity contribution in [3.63, 3.8) is 0 Å². The predicted molar refractivity (Wildman–Crippen MR) is 58.9 cm³/mol. The van der Waals surface area contributed by atoms with E-state index in [2.05, 4.69) is 5.32 Å². The molecule has 1 unspecified atom stereocenters. The topological polar surface area (TPSA) is 115 Å². The van der Waals surface area contributed by atoms with Crippen LogP contribution in [0.1, 0.15) is 18.5 Å². The summed E-state index contributed by atoms with van der Waals surface area (Å²) in [6.45, 7) is 1.69. The fourth-order valence-corrected chi connectivity index (χ4v) is 1.83. The van der Waals surface area contributed by atoms with Gasteiger partial charge in [0.2, 0.25) is 10.0 Å². The fourth-order valence-electron chi connectivity index (χ4n) is 1.26. The van der Waals surface area contributed by atoms with E-state index < -0.39 is 16.1 Å². The molecule has 0 radical (unpaired) electrons. The maximum atomic E-state index is 11.1. The molecule has 0 bridgehead atoms. The van der Waals surface area contributed by atoms with Crippen molar-refractivity contribution in [3.8, 4) is 0 Å². The Balaban J connectivity index is 3.04. The molecule has 7 heteroatoms. The predicted octanol–water partition coefficient (Wildman–Crippen LogP) is 0.0633. The smallest absolute Gasteiger partial charge is 0.312 e. The van der Waals surface area contributed by atoms with Gasteiger partial charge >= 0.3 is 6.03 Å². The number of benzene rings is 1. The van der Waals surface area contributed by atoms with Crippen molar-refractivity contribution < 1.29 is 13.2 Å². The molecule has 0 aliphatic rings. The van der Waals surface area contributed by atoms with E-state index in [9.17, 15) is 13.2 Å². The molecule has 6 nitrogen and oxygen atoms in total. The third kappa shape index (κ3) is 3.21. The van der Waals surface area contributed by atoms with E-state index in [1.807, 2.05) is 0 Å². The lowest BCUT2D eigenvalue weighted by Gasteiger charge is -2.12. The van der Waals surface area contributed by atoms with Crippen molar-refractivity contribution >= 4 is 16.1 Å². The lowest BCUT2D eigenvalue weighted by Crippen LogP contribution is -2.31. The van der Waals surface area contributed by atoms with Gasteiger partial charge in [-0.1, -0.05) is 12.1 Å². The summed E-state index contributed by atoms with van der Waals surface area (Å²) in [6.07, 6.45) is 0. The van der Waals surface area contributed by atoms with Gasteiger partial charge in [-0.05, 0) is 24.6 Å². The van der Waals surface area contributed by atoms with Crippen LogP contribution < -0.4 is 16.2 Å². The third-order valence-corrected chi connectivity index (χ3v) is 2.96. The zero-order valence-electron chi connectivity index (χ0n) is 8.67. The molecular formula is C9H13N3O3S. The van der Waals surface area contributed by atoms with Crippen LogP contribution in [0.3, 0.4) is 0 Å². The minimum absolute atomic E-state index is 0.00289.